The molecule has 0 aliphatic carbocycles. The summed E-state index contributed by atoms with van der Waals surface area (Å²) in [5.74, 6) is -0.684. The zero-order chi connectivity index (χ0) is 24.9. The summed E-state index contributed by atoms with van der Waals surface area (Å²) in [5, 5.41) is 0. The lowest BCUT2D eigenvalue weighted by Crippen LogP contribution is -2.07. The monoisotopic (exact) mass is 462 g/mol. The Labute approximate surface area is 201 Å². The first-order valence-electron chi connectivity index (χ1n) is 10.7. The first kappa shape index (κ1) is 26.4. The van der Waals surface area contributed by atoms with E-state index in [0.29, 0.717) is 0 Å². The number of ketones is 1. The molecule has 0 saturated carbocycles. The number of carbonyl (C=O) groups excluding carboxylic acids is 1. The molecule has 0 unspecified atom stereocenters. The molecule has 0 saturated heterocycles. The van der Waals surface area contributed by atoms with E-state index in [1.165, 1.54) is 12.2 Å². The summed E-state index contributed by atoms with van der Waals surface area (Å²) in [6.07, 6.45) is 13.8. The second-order valence-corrected chi connectivity index (χ2v) is 7.74. The lowest BCUT2D eigenvalue weighted by atomic mass is 10.2. The van der Waals surface area contributed by atoms with Crippen LogP contribution in [0, 0.1) is 0 Å². The number of carbonyl (C=O) groups is 1. The van der Waals surface area contributed by atoms with E-state index in [2.05, 4.69) is 4.65 Å². The van der Waals surface area contributed by atoms with Gasteiger partial charge in [-0.05, 0) is 47.5 Å². The van der Waals surface area contributed by atoms with Crippen molar-refractivity contribution < 1.29 is 18.1 Å². The van der Waals surface area contributed by atoms with Crippen molar-refractivity contribution in [3.8, 4) is 0 Å². The molecule has 0 amide bonds. The van der Waals surface area contributed by atoms with Crippen molar-refractivity contribution in [2.75, 3.05) is 38.0 Å². The van der Waals surface area contributed by atoms with Gasteiger partial charge in [-0.1, -0.05) is 60.7 Å². The highest BCUT2D eigenvalue weighted by molar-refractivity contribution is 6.35. The lowest BCUT2D eigenvalue weighted by Gasteiger charge is -2.11. The molecule has 0 spiro atoms. The minimum atomic E-state index is -3.03. The average Bonchev–Trinajstić information content (AvgIpc) is 2.79. The Balaban J connectivity index is 1.98. The summed E-state index contributed by atoms with van der Waals surface area (Å²) in [6, 6.07) is 15.8. The molecule has 2 aromatic carbocycles. The molecule has 0 radical (unpaired) electrons. The van der Waals surface area contributed by atoms with Crippen LogP contribution in [0.25, 0.3) is 12.2 Å². The van der Waals surface area contributed by atoms with E-state index in [1.807, 2.05) is 98.7 Å². The van der Waals surface area contributed by atoms with E-state index < -0.39 is 13.3 Å². The lowest BCUT2D eigenvalue weighted by molar-refractivity contribution is -0.110. The minimum Gasteiger partial charge on any atom is -0.505 e. The van der Waals surface area contributed by atoms with Gasteiger partial charge >= 0.3 is 7.47 Å². The maximum absolute atomic E-state index is 12.7. The van der Waals surface area contributed by atoms with E-state index >= 15 is 0 Å². The molecule has 0 aliphatic rings. The molecule has 0 fully saturated rings. The number of hydrogen-bond donors (Lipinski definition) is 0. The number of halogens is 2. The van der Waals surface area contributed by atoms with Crippen LogP contribution in [0.2, 0.25) is 0 Å². The smallest absolute Gasteiger partial charge is 0.505 e. The first-order valence-corrected chi connectivity index (χ1v) is 10.7. The van der Waals surface area contributed by atoms with Crippen LogP contribution >= 0.6 is 0 Å². The number of anilines is 2. The van der Waals surface area contributed by atoms with Crippen LogP contribution in [-0.4, -0.2) is 41.4 Å². The third-order valence-corrected chi connectivity index (χ3v) is 4.65. The van der Waals surface area contributed by atoms with Gasteiger partial charge in [-0.3, -0.25) is 4.79 Å². The topological polar surface area (TPSA) is 32.8 Å². The fourth-order valence-electron chi connectivity index (χ4n) is 2.81. The van der Waals surface area contributed by atoms with Crippen molar-refractivity contribution in [1.82, 2.24) is 0 Å². The fourth-order valence-corrected chi connectivity index (χ4v) is 2.81. The summed E-state index contributed by atoms with van der Waals surface area (Å²) >= 11 is 0. The van der Waals surface area contributed by atoms with Gasteiger partial charge in [0.2, 0.25) is 0 Å². The van der Waals surface area contributed by atoms with Gasteiger partial charge in [-0.2, -0.15) is 0 Å². The molecule has 0 atom stereocenters. The first-order chi connectivity index (χ1) is 16.2. The molecule has 2 aromatic rings. The predicted octanol–water partition coefficient (Wildman–Crippen LogP) is 6.05. The second kappa shape index (κ2) is 13.6. The highest BCUT2D eigenvalue weighted by Crippen LogP contribution is 2.14. The van der Waals surface area contributed by atoms with Crippen LogP contribution in [-0.2, 0) is 9.45 Å². The van der Waals surface area contributed by atoms with Gasteiger partial charge in [0.25, 0.3) is 0 Å². The molecular formula is C27H29BF2N2O2. The highest BCUT2D eigenvalue weighted by atomic mass is 19.2. The third kappa shape index (κ3) is 9.73. The van der Waals surface area contributed by atoms with Crippen LogP contribution < -0.4 is 9.80 Å². The average molecular weight is 462 g/mol. The number of nitrogens with zero attached hydrogens (tertiary/aromatic N) is 2. The molecule has 2 rings (SSSR count). The van der Waals surface area contributed by atoms with E-state index in [-0.39, 0.29) is 5.76 Å². The van der Waals surface area contributed by atoms with Crippen LogP contribution in [0.15, 0.2) is 96.8 Å². The highest BCUT2D eigenvalue weighted by Gasteiger charge is 2.18. The maximum Gasteiger partial charge on any atom is 0.796 e. The molecule has 34 heavy (non-hydrogen) atoms. The summed E-state index contributed by atoms with van der Waals surface area (Å²) in [7, 11) is 4.82. The van der Waals surface area contributed by atoms with Crippen LogP contribution in [0.4, 0.5) is 20.0 Å². The van der Waals surface area contributed by atoms with Gasteiger partial charge in [-0.15, -0.1) is 0 Å². The van der Waals surface area contributed by atoms with Crippen molar-refractivity contribution in [2.24, 2.45) is 0 Å². The van der Waals surface area contributed by atoms with Crippen molar-refractivity contribution >= 4 is 36.8 Å². The Morgan fingerprint density at radius 3 is 1.59 bits per heavy atom. The number of hydrogen-bond acceptors (Lipinski definition) is 4. The van der Waals surface area contributed by atoms with E-state index in [4.69, 9.17) is 0 Å². The van der Waals surface area contributed by atoms with Gasteiger partial charge in [0.1, 0.15) is 5.76 Å². The molecule has 176 valence electrons. The molecular weight excluding hydrogens is 433 g/mol. The van der Waals surface area contributed by atoms with Gasteiger partial charge in [0.05, 0.1) is 0 Å². The van der Waals surface area contributed by atoms with Gasteiger partial charge in [0, 0.05) is 45.6 Å². The Bertz CT molecular complexity index is 1070. The third-order valence-electron chi connectivity index (χ3n) is 4.65. The van der Waals surface area contributed by atoms with Crippen molar-refractivity contribution in [2.45, 2.75) is 0 Å². The molecule has 4 nitrogen and oxygen atoms in total. The van der Waals surface area contributed by atoms with Gasteiger partial charge in [0.15, 0.2) is 5.78 Å². The Morgan fingerprint density at radius 1 is 0.735 bits per heavy atom. The van der Waals surface area contributed by atoms with E-state index in [1.54, 1.807) is 24.3 Å². The zero-order valence-electron chi connectivity index (χ0n) is 19.9. The van der Waals surface area contributed by atoms with Crippen molar-refractivity contribution in [1.29, 1.82) is 0 Å². The van der Waals surface area contributed by atoms with E-state index in [0.717, 1.165) is 28.6 Å². The van der Waals surface area contributed by atoms with Crippen LogP contribution in [0.5, 0.6) is 0 Å². The zero-order valence-corrected chi connectivity index (χ0v) is 19.9. The Hall–Kier alpha value is -3.87. The van der Waals surface area contributed by atoms with Crippen LogP contribution in [0.3, 0.4) is 0 Å². The second-order valence-electron chi connectivity index (χ2n) is 7.74. The van der Waals surface area contributed by atoms with Crippen molar-refractivity contribution in [3.63, 3.8) is 0 Å². The minimum absolute atomic E-state index is 0.222. The SMILES string of the molecule is CN(C)c1ccc(/C=C/C=C/C(=O)/C=C(/C=C/C=C/c2ccc(N(C)C)cc2)OB(F)F)cc1. The predicted molar refractivity (Wildman–Crippen MR) is 140 cm³/mol. The van der Waals surface area contributed by atoms with E-state index in [9.17, 15) is 13.4 Å². The number of allylic oxidation sites excluding steroid dienone is 7. The largest absolute Gasteiger partial charge is 0.796 e. The molecule has 0 aliphatic heterocycles. The number of benzene rings is 2. The molecule has 0 aromatic heterocycles. The molecule has 7 heteroatoms. The molecule has 0 bridgehead atoms. The van der Waals surface area contributed by atoms with Gasteiger partial charge < -0.3 is 14.5 Å². The number of rotatable bonds is 11. The standard InChI is InChI=1S/C27H29BF2N2O2/c1-31(2)24-17-13-22(14-18-24)9-5-7-11-26(33)21-27(34-28(29)30)12-8-6-10-23-15-19-25(20-16-23)32(3)4/h5-21H,1-4H3/b9-5+,10-6+,11-7+,12-8+,27-21-. The maximum atomic E-state index is 12.7. The van der Waals surface area contributed by atoms with Gasteiger partial charge in [-0.25, -0.2) is 8.63 Å². The molecule has 0 heterocycles. The summed E-state index contributed by atoms with van der Waals surface area (Å²) in [5.41, 5.74) is 4.10. The summed E-state index contributed by atoms with van der Waals surface area (Å²) in [6.45, 7) is 0. The molecule has 0 N–H and O–H groups in total. The summed E-state index contributed by atoms with van der Waals surface area (Å²) in [4.78, 5) is 16.1. The Kier molecular flexibility index (Phi) is 10.6. The van der Waals surface area contributed by atoms with Crippen molar-refractivity contribution in [3.05, 3.63) is 108 Å². The van der Waals surface area contributed by atoms with Crippen LogP contribution in [0.1, 0.15) is 11.1 Å². The summed E-state index contributed by atoms with van der Waals surface area (Å²) < 4.78 is 29.9. The quantitative estimate of drug-likeness (QED) is 0.176. The normalized spacial score (nSPS) is 12.2. The fraction of sp³-hybridized carbons (Fsp3) is 0.148. The Morgan fingerprint density at radius 2 is 1.18 bits per heavy atom.